The number of hydrogen-bond acceptors (Lipinski definition) is 3. The van der Waals surface area contributed by atoms with Crippen molar-refractivity contribution in [3.63, 3.8) is 0 Å². The standard InChI is InChI=1S/C12H20N2O2/c1-11(2,3)16-10(15)14-12(9-13)7-5-4-6-8-12/h4-8H2,1-3H3,(H,14,15). The molecule has 0 unspecified atom stereocenters. The van der Waals surface area contributed by atoms with Crippen LogP contribution in [0, 0.1) is 11.3 Å². The molecule has 90 valence electrons. The zero-order valence-electron chi connectivity index (χ0n) is 10.3. The summed E-state index contributed by atoms with van der Waals surface area (Å²) in [6.07, 6.45) is 4.08. The molecule has 0 heterocycles. The van der Waals surface area contributed by atoms with Crippen LogP contribution in [0.4, 0.5) is 4.79 Å². The van der Waals surface area contributed by atoms with Crippen LogP contribution < -0.4 is 5.32 Å². The quantitative estimate of drug-likeness (QED) is 0.745. The van der Waals surface area contributed by atoms with E-state index in [0.717, 1.165) is 32.1 Å². The van der Waals surface area contributed by atoms with E-state index in [1.165, 1.54) is 0 Å². The second-order valence-electron chi connectivity index (χ2n) is 5.38. The lowest BCUT2D eigenvalue weighted by molar-refractivity contribution is 0.0462. The van der Waals surface area contributed by atoms with E-state index >= 15 is 0 Å². The number of rotatable bonds is 1. The third-order valence-corrected chi connectivity index (χ3v) is 2.66. The maximum absolute atomic E-state index is 11.6. The molecule has 0 aromatic carbocycles. The highest BCUT2D eigenvalue weighted by Crippen LogP contribution is 2.27. The molecule has 0 radical (unpaired) electrons. The van der Waals surface area contributed by atoms with Crippen molar-refractivity contribution in [2.45, 2.75) is 64.0 Å². The topological polar surface area (TPSA) is 62.1 Å². The van der Waals surface area contributed by atoms with Gasteiger partial charge in [0.1, 0.15) is 11.1 Å². The summed E-state index contributed by atoms with van der Waals surface area (Å²) in [4.78, 5) is 11.6. The Bertz CT molecular complexity index is 293. The van der Waals surface area contributed by atoms with Crippen molar-refractivity contribution in [3.8, 4) is 6.07 Å². The number of ether oxygens (including phenoxy) is 1. The van der Waals surface area contributed by atoms with E-state index in [1.54, 1.807) is 0 Å². The summed E-state index contributed by atoms with van der Waals surface area (Å²) < 4.78 is 5.17. The Morgan fingerprint density at radius 2 is 1.88 bits per heavy atom. The van der Waals surface area contributed by atoms with E-state index in [9.17, 15) is 4.79 Å². The lowest BCUT2D eigenvalue weighted by atomic mass is 9.83. The minimum absolute atomic E-state index is 0.490. The second kappa shape index (κ2) is 4.73. The molecule has 0 saturated heterocycles. The molecule has 0 spiro atoms. The molecule has 0 aromatic rings. The Morgan fingerprint density at radius 3 is 2.31 bits per heavy atom. The number of amides is 1. The van der Waals surface area contributed by atoms with Gasteiger partial charge in [0, 0.05) is 0 Å². The van der Waals surface area contributed by atoms with Crippen LogP contribution in [0.2, 0.25) is 0 Å². The van der Waals surface area contributed by atoms with Crippen LogP contribution in [0.15, 0.2) is 0 Å². The average molecular weight is 224 g/mol. The van der Waals surface area contributed by atoms with Gasteiger partial charge in [-0.15, -0.1) is 0 Å². The van der Waals surface area contributed by atoms with Crippen molar-refractivity contribution in [2.75, 3.05) is 0 Å². The molecule has 4 heteroatoms. The normalized spacial score (nSPS) is 19.6. The molecule has 1 fully saturated rings. The fraction of sp³-hybridized carbons (Fsp3) is 0.833. The number of carbonyl (C=O) groups excluding carboxylic acids is 1. The van der Waals surface area contributed by atoms with E-state index in [-0.39, 0.29) is 0 Å². The van der Waals surface area contributed by atoms with Crippen molar-refractivity contribution >= 4 is 6.09 Å². The molecule has 1 aliphatic carbocycles. The largest absolute Gasteiger partial charge is 0.444 e. The van der Waals surface area contributed by atoms with E-state index in [4.69, 9.17) is 10.00 Å². The highest BCUT2D eigenvalue weighted by Gasteiger charge is 2.35. The first-order chi connectivity index (χ1) is 7.37. The second-order valence-corrected chi connectivity index (χ2v) is 5.38. The first-order valence-electron chi connectivity index (χ1n) is 5.79. The summed E-state index contributed by atoms with van der Waals surface area (Å²) >= 11 is 0. The number of nitrogens with zero attached hydrogens (tertiary/aromatic N) is 1. The minimum Gasteiger partial charge on any atom is -0.444 e. The summed E-state index contributed by atoms with van der Waals surface area (Å²) in [5.41, 5.74) is -1.23. The van der Waals surface area contributed by atoms with Crippen molar-refractivity contribution in [2.24, 2.45) is 0 Å². The molecule has 1 rings (SSSR count). The minimum atomic E-state index is -0.708. The fourth-order valence-corrected chi connectivity index (χ4v) is 1.92. The molecule has 1 saturated carbocycles. The van der Waals surface area contributed by atoms with Crippen molar-refractivity contribution in [3.05, 3.63) is 0 Å². The molecular formula is C12H20N2O2. The molecule has 0 bridgehead atoms. The third kappa shape index (κ3) is 3.73. The fourth-order valence-electron chi connectivity index (χ4n) is 1.92. The molecule has 16 heavy (non-hydrogen) atoms. The SMILES string of the molecule is CC(C)(C)OC(=O)NC1(C#N)CCCCC1. The Morgan fingerprint density at radius 1 is 1.31 bits per heavy atom. The van der Waals surface area contributed by atoms with Gasteiger partial charge in [-0.2, -0.15) is 5.26 Å². The first kappa shape index (κ1) is 12.8. The summed E-state index contributed by atoms with van der Waals surface area (Å²) in [6, 6.07) is 2.22. The number of nitrogens with one attached hydrogen (secondary N) is 1. The molecule has 1 amide bonds. The van der Waals surface area contributed by atoms with Crippen LogP contribution in [-0.2, 0) is 4.74 Å². The van der Waals surface area contributed by atoms with Gasteiger partial charge in [0.15, 0.2) is 0 Å². The Labute approximate surface area is 97.0 Å². The smallest absolute Gasteiger partial charge is 0.408 e. The van der Waals surface area contributed by atoms with Gasteiger partial charge in [0.25, 0.3) is 0 Å². The van der Waals surface area contributed by atoms with Crippen molar-refractivity contribution < 1.29 is 9.53 Å². The Hall–Kier alpha value is -1.24. The van der Waals surface area contributed by atoms with Gasteiger partial charge in [0.2, 0.25) is 0 Å². The molecule has 1 aliphatic rings. The van der Waals surface area contributed by atoms with Gasteiger partial charge in [-0.3, -0.25) is 0 Å². The van der Waals surface area contributed by atoms with E-state index in [0.29, 0.717) is 0 Å². The summed E-state index contributed by atoms with van der Waals surface area (Å²) in [5, 5.41) is 11.9. The average Bonchev–Trinajstić information content (AvgIpc) is 2.16. The number of carbonyl (C=O) groups is 1. The lowest BCUT2D eigenvalue weighted by Crippen LogP contribution is -2.50. The maximum Gasteiger partial charge on any atom is 0.408 e. The third-order valence-electron chi connectivity index (χ3n) is 2.66. The molecular weight excluding hydrogens is 204 g/mol. The lowest BCUT2D eigenvalue weighted by Gasteiger charge is -2.32. The van der Waals surface area contributed by atoms with Gasteiger partial charge in [0.05, 0.1) is 6.07 Å². The molecule has 0 atom stereocenters. The maximum atomic E-state index is 11.6. The van der Waals surface area contributed by atoms with E-state index < -0.39 is 17.2 Å². The van der Waals surface area contributed by atoms with Gasteiger partial charge in [-0.05, 0) is 33.6 Å². The molecule has 0 aromatic heterocycles. The zero-order valence-corrected chi connectivity index (χ0v) is 10.3. The number of hydrogen-bond donors (Lipinski definition) is 1. The summed E-state index contributed by atoms with van der Waals surface area (Å²) in [5.74, 6) is 0. The summed E-state index contributed by atoms with van der Waals surface area (Å²) in [7, 11) is 0. The van der Waals surface area contributed by atoms with E-state index in [2.05, 4.69) is 11.4 Å². The molecule has 4 nitrogen and oxygen atoms in total. The van der Waals surface area contributed by atoms with Crippen LogP contribution in [0.3, 0.4) is 0 Å². The molecule has 1 N–H and O–H groups in total. The number of nitriles is 1. The number of alkyl carbamates (subject to hydrolysis) is 1. The van der Waals surface area contributed by atoms with E-state index in [1.807, 2.05) is 20.8 Å². The first-order valence-corrected chi connectivity index (χ1v) is 5.79. The van der Waals surface area contributed by atoms with Crippen LogP contribution in [0.1, 0.15) is 52.9 Å². The van der Waals surface area contributed by atoms with Crippen LogP contribution >= 0.6 is 0 Å². The van der Waals surface area contributed by atoms with Crippen LogP contribution in [-0.4, -0.2) is 17.2 Å². The van der Waals surface area contributed by atoms with Gasteiger partial charge in [-0.1, -0.05) is 19.3 Å². The van der Waals surface area contributed by atoms with Gasteiger partial charge >= 0.3 is 6.09 Å². The van der Waals surface area contributed by atoms with Gasteiger partial charge < -0.3 is 10.1 Å². The zero-order chi connectivity index (χ0) is 12.2. The van der Waals surface area contributed by atoms with Crippen LogP contribution in [0.5, 0.6) is 0 Å². The Kier molecular flexibility index (Phi) is 3.79. The van der Waals surface area contributed by atoms with Gasteiger partial charge in [-0.25, -0.2) is 4.79 Å². The van der Waals surface area contributed by atoms with Crippen molar-refractivity contribution in [1.82, 2.24) is 5.32 Å². The predicted octanol–water partition coefficient (Wildman–Crippen LogP) is 2.74. The highest BCUT2D eigenvalue weighted by molar-refractivity contribution is 5.69. The van der Waals surface area contributed by atoms with Crippen molar-refractivity contribution in [1.29, 1.82) is 5.26 Å². The monoisotopic (exact) mass is 224 g/mol. The highest BCUT2D eigenvalue weighted by atomic mass is 16.6. The summed E-state index contributed by atoms with van der Waals surface area (Å²) in [6.45, 7) is 5.44. The van der Waals surface area contributed by atoms with Crippen LogP contribution in [0.25, 0.3) is 0 Å². The molecule has 0 aliphatic heterocycles. The predicted molar refractivity (Wildman–Crippen MR) is 60.8 cm³/mol. The Balaban J connectivity index is 2.57.